The Hall–Kier alpha value is -1.90. The highest BCUT2D eigenvalue weighted by Crippen LogP contribution is 2.25. The SMILES string of the molecule is CNc1nc(Cc2ccccc2C)nc(C)c1C(C)C. The third-order valence-corrected chi connectivity index (χ3v) is 3.61. The quantitative estimate of drug-likeness (QED) is 0.916. The van der Waals surface area contributed by atoms with E-state index in [0.29, 0.717) is 5.92 Å². The first-order chi connectivity index (χ1) is 9.52. The number of hydrogen-bond donors (Lipinski definition) is 1. The number of aryl methyl sites for hydroxylation is 2. The molecule has 20 heavy (non-hydrogen) atoms. The minimum atomic E-state index is 0.421. The van der Waals surface area contributed by atoms with E-state index in [-0.39, 0.29) is 0 Å². The van der Waals surface area contributed by atoms with Gasteiger partial charge in [0.2, 0.25) is 0 Å². The van der Waals surface area contributed by atoms with E-state index in [1.54, 1.807) is 0 Å². The van der Waals surface area contributed by atoms with Crippen molar-refractivity contribution in [2.75, 3.05) is 12.4 Å². The Morgan fingerprint density at radius 1 is 1.10 bits per heavy atom. The van der Waals surface area contributed by atoms with Crippen LogP contribution in [0.15, 0.2) is 24.3 Å². The van der Waals surface area contributed by atoms with Crippen LogP contribution in [0.1, 0.15) is 48.0 Å². The molecular formula is C17H23N3. The predicted molar refractivity (Wildman–Crippen MR) is 84.4 cm³/mol. The molecule has 0 fully saturated rings. The lowest BCUT2D eigenvalue weighted by atomic mass is 10.0. The highest BCUT2D eigenvalue weighted by molar-refractivity contribution is 5.48. The van der Waals surface area contributed by atoms with Gasteiger partial charge in [-0.25, -0.2) is 9.97 Å². The fourth-order valence-electron chi connectivity index (χ4n) is 2.58. The van der Waals surface area contributed by atoms with E-state index < -0.39 is 0 Å². The molecule has 1 N–H and O–H groups in total. The third-order valence-electron chi connectivity index (χ3n) is 3.61. The Bertz CT molecular complexity index is 603. The van der Waals surface area contributed by atoms with Crippen molar-refractivity contribution in [1.82, 2.24) is 9.97 Å². The van der Waals surface area contributed by atoms with Gasteiger partial charge in [-0.15, -0.1) is 0 Å². The Morgan fingerprint density at radius 2 is 1.80 bits per heavy atom. The molecule has 0 bridgehead atoms. The second kappa shape index (κ2) is 6.04. The average molecular weight is 269 g/mol. The van der Waals surface area contributed by atoms with Crippen molar-refractivity contribution in [2.45, 2.75) is 40.0 Å². The van der Waals surface area contributed by atoms with Gasteiger partial charge in [0, 0.05) is 24.7 Å². The van der Waals surface area contributed by atoms with Crippen molar-refractivity contribution < 1.29 is 0 Å². The van der Waals surface area contributed by atoms with Crippen LogP contribution in [0.25, 0.3) is 0 Å². The van der Waals surface area contributed by atoms with E-state index in [1.165, 1.54) is 16.7 Å². The maximum atomic E-state index is 4.69. The minimum absolute atomic E-state index is 0.421. The van der Waals surface area contributed by atoms with Crippen LogP contribution in [0, 0.1) is 13.8 Å². The molecule has 0 aliphatic heterocycles. The molecular weight excluding hydrogens is 246 g/mol. The van der Waals surface area contributed by atoms with E-state index in [9.17, 15) is 0 Å². The summed E-state index contributed by atoms with van der Waals surface area (Å²) in [6.45, 7) is 8.55. The zero-order valence-corrected chi connectivity index (χ0v) is 13.0. The molecule has 0 unspecified atom stereocenters. The van der Waals surface area contributed by atoms with Gasteiger partial charge in [-0.05, 0) is 30.9 Å². The van der Waals surface area contributed by atoms with Gasteiger partial charge in [0.1, 0.15) is 11.6 Å². The van der Waals surface area contributed by atoms with Crippen LogP contribution in [0.4, 0.5) is 5.82 Å². The summed E-state index contributed by atoms with van der Waals surface area (Å²) >= 11 is 0. The molecule has 0 saturated carbocycles. The molecule has 106 valence electrons. The summed E-state index contributed by atoms with van der Waals surface area (Å²) in [6.07, 6.45) is 0.778. The maximum Gasteiger partial charge on any atom is 0.135 e. The molecule has 0 spiro atoms. The van der Waals surface area contributed by atoms with Crippen LogP contribution in [0.5, 0.6) is 0 Å². The zero-order chi connectivity index (χ0) is 14.7. The first-order valence-electron chi connectivity index (χ1n) is 7.12. The molecule has 0 aliphatic carbocycles. The lowest BCUT2D eigenvalue weighted by Gasteiger charge is -2.16. The summed E-state index contributed by atoms with van der Waals surface area (Å²) in [6, 6.07) is 8.40. The summed E-state index contributed by atoms with van der Waals surface area (Å²) in [5.41, 5.74) is 4.85. The number of aromatic nitrogens is 2. The van der Waals surface area contributed by atoms with Crippen LogP contribution in [-0.2, 0) is 6.42 Å². The van der Waals surface area contributed by atoms with Crippen molar-refractivity contribution in [3.05, 3.63) is 52.5 Å². The molecule has 0 saturated heterocycles. The molecule has 1 heterocycles. The first-order valence-corrected chi connectivity index (χ1v) is 7.12. The monoisotopic (exact) mass is 269 g/mol. The molecule has 2 aromatic rings. The number of anilines is 1. The summed E-state index contributed by atoms with van der Waals surface area (Å²) in [7, 11) is 1.92. The smallest absolute Gasteiger partial charge is 0.135 e. The predicted octanol–water partition coefficient (Wildman–Crippen LogP) is 3.85. The third kappa shape index (κ3) is 2.98. The van der Waals surface area contributed by atoms with Crippen molar-refractivity contribution >= 4 is 5.82 Å². The summed E-state index contributed by atoms with van der Waals surface area (Å²) in [5.74, 6) is 2.26. The number of hydrogen-bond acceptors (Lipinski definition) is 3. The molecule has 0 radical (unpaired) electrons. The average Bonchev–Trinajstić information content (AvgIpc) is 2.40. The summed E-state index contributed by atoms with van der Waals surface area (Å²) < 4.78 is 0. The highest BCUT2D eigenvalue weighted by atomic mass is 15.0. The van der Waals surface area contributed by atoms with E-state index in [2.05, 4.69) is 67.2 Å². The van der Waals surface area contributed by atoms with Gasteiger partial charge >= 0.3 is 0 Å². The molecule has 3 nitrogen and oxygen atoms in total. The normalized spacial score (nSPS) is 10.9. The first kappa shape index (κ1) is 14.5. The van der Waals surface area contributed by atoms with Crippen molar-refractivity contribution in [1.29, 1.82) is 0 Å². The van der Waals surface area contributed by atoms with Gasteiger partial charge in [0.15, 0.2) is 0 Å². The minimum Gasteiger partial charge on any atom is -0.373 e. The standard InChI is InChI=1S/C17H23N3/c1-11(2)16-13(4)19-15(20-17(16)18-5)10-14-9-7-6-8-12(14)3/h6-9,11H,10H2,1-5H3,(H,18,19,20). The van der Waals surface area contributed by atoms with E-state index in [4.69, 9.17) is 0 Å². The molecule has 1 aromatic heterocycles. The van der Waals surface area contributed by atoms with Gasteiger partial charge in [-0.1, -0.05) is 38.1 Å². The summed E-state index contributed by atoms with van der Waals surface area (Å²) in [5, 5.41) is 3.21. The Morgan fingerprint density at radius 3 is 2.40 bits per heavy atom. The Balaban J connectivity index is 2.39. The zero-order valence-electron chi connectivity index (χ0n) is 13.0. The number of nitrogens with one attached hydrogen (secondary N) is 1. The lowest BCUT2D eigenvalue weighted by Crippen LogP contribution is -2.09. The van der Waals surface area contributed by atoms with E-state index in [1.807, 2.05) is 7.05 Å². The molecule has 1 aromatic carbocycles. The maximum absolute atomic E-state index is 4.69. The fourth-order valence-corrected chi connectivity index (χ4v) is 2.58. The number of nitrogens with zero attached hydrogens (tertiary/aromatic N) is 2. The Kier molecular flexibility index (Phi) is 4.38. The van der Waals surface area contributed by atoms with Crippen molar-refractivity contribution in [3.8, 4) is 0 Å². The van der Waals surface area contributed by atoms with Gasteiger partial charge in [0.25, 0.3) is 0 Å². The lowest BCUT2D eigenvalue weighted by molar-refractivity contribution is 0.813. The van der Waals surface area contributed by atoms with Crippen LogP contribution in [-0.4, -0.2) is 17.0 Å². The van der Waals surface area contributed by atoms with Crippen LogP contribution < -0.4 is 5.32 Å². The van der Waals surface area contributed by atoms with E-state index in [0.717, 1.165) is 23.8 Å². The van der Waals surface area contributed by atoms with Gasteiger partial charge in [-0.2, -0.15) is 0 Å². The van der Waals surface area contributed by atoms with Crippen LogP contribution >= 0.6 is 0 Å². The molecule has 0 aliphatic rings. The van der Waals surface area contributed by atoms with Gasteiger partial charge < -0.3 is 5.32 Å². The molecule has 0 atom stereocenters. The van der Waals surface area contributed by atoms with E-state index >= 15 is 0 Å². The van der Waals surface area contributed by atoms with Crippen LogP contribution in [0.3, 0.4) is 0 Å². The Labute approximate surface area is 121 Å². The molecule has 2 rings (SSSR count). The highest BCUT2D eigenvalue weighted by Gasteiger charge is 2.14. The second-order valence-corrected chi connectivity index (χ2v) is 5.50. The van der Waals surface area contributed by atoms with Crippen molar-refractivity contribution in [2.24, 2.45) is 0 Å². The van der Waals surface area contributed by atoms with Crippen LogP contribution in [0.2, 0.25) is 0 Å². The fraction of sp³-hybridized carbons (Fsp3) is 0.412. The van der Waals surface area contributed by atoms with Crippen molar-refractivity contribution in [3.63, 3.8) is 0 Å². The van der Waals surface area contributed by atoms with Gasteiger partial charge in [-0.3, -0.25) is 0 Å². The topological polar surface area (TPSA) is 37.8 Å². The second-order valence-electron chi connectivity index (χ2n) is 5.50. The largest absolute Gasteiger partial charge is 0.373 e. The molecule has 0 amide bonds. The number of rotatable bonds is 4. The summed E-state index contributed by atoms with van der Waals surface area (Å²) in [4.78, 5) is 9.38. The van der Waals surface area contributed by atoms with Gasteiger partial charge in [0.05, 0.1) is 0 Å². The number of benzene rings is 1. The molecule has 3 heteroatoms.